The minimum absolute atomic E-state index is 0.00441. The lowest BCUT2D eigenvalue weighted by Crippen LogP contribution is -2.60. The summed E-state index contributed by atoms with van der Waals surface area (Å²) >= 11 is 6.70. The van der Waals surface area contributed by atoms with Crippen LogP contribution in [0.15, 0.2) is 36.7 Å². The van der Waals surface area contributed by atoms with Gasteiger partial charge in [-0.2, -0.15) is 5.10 Å². The molecule has 38 heavy (non-hydrogen) atoms. The standard InChI is InChI=1S/C28H35ClN6O3/c1-17(2)35-23(4-5-31-35)20-13-21(20)27(37)32-26-12-18-11-24(22(29)10-19(18)14-30-26)33-6-8-34(9-7-33)28(3)16-38-15-25(28)36/h4-5,10-12,14,17,20-21,25,36H,6-9,13,15-16H2,1-3H3,(H,30,32,37)/t20-,21-,25-,28+/m0/s1. The number of halogens is 1. The van der Waals surface area contributed by atoms with Gasteiger partial charge in [0.2, 0.25) is 5.91 Å². The Labute approximate surface area is 227 Å². The molecule has 0 unspecified atom stereocenters. The highest BCUT2D eigenvalue weighted by Crippen LogP contribution is 2.48. The van der Waals surface area contributed by atoms with Crippen LogP contribution in [0.25, 0.3) is 10.8 Å². The van der Waals surface area contributed by atoms with Crippen LogP contribution >= 0.6 is 11.6 Å². The Morgan fingerprint density at radius 3 is 2.71 bits per heavy atom. The summed E-state index contributed by atoms with van der Waals surface area (Å²) in [5.41, 5.74) is 1.75. The Balaban J connectivity index is 1.14. The zero-order chi connectivity index (χ0) is 26.6. The number of piperazine rings is 1. The van der Waals surface area contributed by atoms with E-state index >= 15 is 0 Å². The highest BCUT2D eigenvalue weighted by atomic mass is 35.5. The predicted molar refractivity (Wildman–Crippen MR) is 148 cm³/mol. The zero-order valence-electron chi connectivity index (χ0n) is 22.1. The monoisotopic (exact) mass is 538 g/mol. The van der Waals surface area contributed by atoms with Crippen LogP contribution in [0, 0.1) is 5.92 Å². The summed E-state index contributed by atoms with van der Waals surface area (Å²) in [6.07, 6.45) is 3.93. The molecule has 3 fully saturated rings. The second-order valence-corrected chi connectivity index (χ2v) is 11.7. The van der Waals surface area contributed by atoms with Gasteiger partial charge in [0.05, 0.1) is 35.6 Å². The van der Waals surface area contributed by atoms with Crippen molar-refractivity contribution in [2.45, 2.75) is 50.8 Å². The van der Waals surface area contributed by atoms with Gasteiger partial charge in [-0.1, -0.05) is 11.6 Å². The number of ether oxygens (including phenoxy) is 1. The maximum atomic E-state index is 13.0. The molecule has 0 spiro atoms. The van der Waals surface area contributed by atoms with Crippen LogP contribution in [0.5, 0.6) is 0 Å². The molecular weight excluding hydrogens is 504 g/mol. The Morgan fingerprint density at radius 1 is 1.21 bits per heavy atom. The van der Waals surface area contributed by atoms with Crippen molar-refractivity contribution in [1.82, 2.24) is 19.7 Å². The number of rotatable bonds is 6. The summed E-state index contributed by atoms with van der Waals surface area (Å²) in [7, 11) is 0. The van der Waals surface area contributed by atoms with E-state index in [-0.39, 0.29) is 29.3 Å². The number of hydrogen-bond acceptors (Lipinski definition) is 7. The lowest BCUT2D eigenvalue weighted by molar-refractivity contribution is -0.117. The molecule has 1 amide bonds. The van der Waals surface area contributed by atoms with Crippen molar-refractivity contribution in [3.8, 4) is 0 Å². The van der Waals surface area contributed by atoms with Crippen LogP contribution in [0.2, 0.25) is 5.02 Å². The maximum Gasteiger partial charge on any atom is 0.229 e. The number of pyridine rings is 1. The molecule has 0 bridgehead atoms. The number of hydrogen-bond donors (Lipinski definition) is 2. The van der Waals surface area contributed by atoms with Gasteiger partial charge in [0.15, 0.2) is 0 Å². The first-order valence-corrected chi connectivity index (χ1v) is 13.8. The van der Waals surface area contributed by atoms with E-state index in [0.29, 0.717) is 24.1 Å². The number of nitrogens with zero attached hydrogens (tertiary/aromatic N) is 5. The van der Waals surface area contributed by atoms with E-state index in [9.17, 15) is 9.90 Å². The lowest BCUT2D eigenvalue weighted by atomic mass is 9.95. The van der Waals surface area contributed by atoms with Gasteiger partial charge in [0.25, 0.3) is 0 Å². The van der Waals surface area contributed by atoms with Crippen LogP contribution in [0.3, 0.4) is 0 Å². The molecule has 9 nitrogen and oxygen atoms in total. The van der Waals surface area contributed by atoms with Gasteiger partial charge in [0.1, 0.15) is 5.82 Å². The van der Waals surface area contributed by atoms with Gasteiger partial charge in [-0.15, -0.1) is 0 Å². The minimum atomic E-state index is -0.470. The van der Waals surface area contributed by atoms with Crippen LogP contribution in [-0.2, 0) is 9.53 Å². The van der Waals surface area contributed by atoms with Gasteiger partial charge < -0.3 is 20.1 Å². The zero-order valence-corrected chi connectivity index (χ0v) is 22.9. The number of fused-ring (bicyclic) bond motifs is 1. The Hall–Kier alpha value is -2.72. The molecule has 2 aromatic heterocycles. The van der Waals surface area contributed by atoms with Crippen LogP contribution in [-0.4, -0.2) is 81.7 Å². The Bertz CT molecular complexity index is 1350. The fourth-order valence-electron chi connectivity index (χ4n) is 5.96. The van der Waals surface area contributed by atoms with Gasteiger partial charge in [0, 0.05) is 67.5 Å². The van der Waals surface area contributed by atoms with Crippen molar-refractivity contribution in [3.05, 3.63) is 47.4 Å². The van der Waals surface area contributed by atoms with Crippen molar-refractivity contribution in [3.63, 3.8) is 0 Å². The SMILES string of the molecule is CC(C)n1nccc1[C@H]1C[C@@H]1C(=O)Nc1cc2cc(N3CCN([C@]4(C)COC[C@@H]4O)CC3)c(Cl)cc2cn1. The van der Waals surface area contributed by atoms with Gasteiger partial charge in [-0.25, -0.2) is 4.98 Å². The summed E-state index contributed by atoms with van der Waals surface area (Å²) < 4.78 is 7.54. The van der Waals surface area contributed by atoms with Crippen molar-refractivity contribution in [2.24, 2.45) is 5.92 Å². The third-order valence-corrected chi connectivity index (χ3v) is 8.77. The van der Waals surface area contributed by atoms with E-state index in [0.717, 1.165) is 54.8 Å². The normalized spacial score (nSPS) is 27.8. The summed E-state index contributed by atoms with van der Waals surface area (Å²) in [5, 5.41) is 20.5. The number of nitrogens with one attached hydrogen (secondary N) is 1. The number of aromatic nitrogens is 3. The smallest absolute Gasteiger partial charge is 0.229 e. The Kier molecular flexibility index (Phi) is 6.58. The third kappa shape index (κ3) is 4.55. The van der Waals surface area contributed by atoms with E-state index in [1.54, 1.807) is 6.20 Å². The number of aliphatic hydroxyl groups is 1. The Morgan fingerprint density at radius 2 is 2.00 bits per heavy atom. The molecule has 2 saturated heterocycles. The first-order valence-electron chi connectivity index (χ1n) is 13.4. The molecule has 6 rings (SSSR count). The van der Waals surface area contributed by atoms with Crippen molar-refractivity contribution in [2.75, 3.05) is 49.6 Å². The molecule has 3 aliphatic rings. The van der Waals surface area contributed by atoms with Crippen molar-refractivity contribution >= 4 is 39.8 Å². The van der Waals surface area contributed by atoms with Crippen LogP contribution < -0.4 is 10.2 Å². The quantitative estimate of drug-likeness (QED) is 0.494. The summed E-state index contributed by atoms with van der Waals surface area (Å²) in [5.74, 6) is 0.676. The molecule has 4 atom stereocenters. The van der Waals surface area contributed by atoms with Crippen LogP contribution in [0.1, 0.15) is 44.8 Å². The molecule has 3 aromatic rings. The molecule has 1 aliphatic carbocycles. The van der Waals surface area contributed by atoms with E-state index < -0.39 is 6.10 Å². The van der Waals surface area contributed by atoms with E-state index in [1.165, 1.54) is 0 Å². The highest BCUT2D eigenvalue weighted by molar-refractivity contribution is 6.34. The molecule has 1 aromatic carbocycles. The summed E-state index contributed by atoms with van der Waals surface area (Å²) in [6.45, 7) is 10.5. The van der Waals surface area contributed by atoms with E-state index in [1.807, 2.05) is 29.1 Å². The number of anilines is 2. The van der Waals surface area contributed by atoms with E-state index in [4.69, 9.17) is 16.3 Å². The molecule has 1 saturated carbocycles. The predicted octanol–water partition coefficient (Wildman–Crippen LogP) is 3.68. The fourth-order valence-corrected chi connectivity index (χ4v) is 6.25. The fraction of sp³-hybridized carbons (Fsp3) is 0.536. The van der Waals surface area contributed by atoms with Crippen molar-refractivity contribution < 1.29 is 14.6 Å². The molecule has 2 N–H and O–H groups in total. The first-order chi connectivity index (χ1) is 18.2. The minimum Gasteiger partial charge on any atom is -0.389 e. The van der Waals surface area contributed by atoms with Crippen LogP contribution in [0.4, 0.5) is 11.5 Å². The number of carbonyl (C=O) groups excluding carboxylic acids is 1. The number of amides is 1. The highest BCUT2D eigenvalue weighted by Gasteiger charge is 2.46. The third-order valence-electron chi connectivity index (χ3n) is 8.47. The molecule has 0 radical (unpaired) electrons. The van der Waals surface area contributed by atoms with Crippen molar-refractivity contribution in [1.29, 1.82) is 0 Å². The summed E-state index contributed by atoms with van der Waals surface area (Å²) in [6, 6.07) is 8.23. The first kappa shape index (κ1) is 25.6. The average Bonchev–Trinajstić information content (AvgIpc) is 3.40. The molecule has 202 valence electrons. The number of aliphatic hydroxyl groups excluding tert-OH is 1. The van der Waals surface area contributed by atoms with Gasteiger partial charge in [-0.3, -0.25) is 14.4 Å². The topological polar surface area (TPSA) is 95.8 Å². The summed E-state index contributed by atoms with van der Waals surface area (Å²) in [4.78, 5) is 22.1. The maximum absolute atomic E-state index is 13.0. The average molecular weight is 539 g/mol. The number of carbonyl (C=O) groups is 1. The lowest BCUT2D eigenvalue weighted by Gasteiger charge is -2.45. The second-order valence-electron chi connectivity index (χ2n) is 11.3. The molecule has 10 heteroatoms. The second kappa shape index (κ2) is 9.79. The van der Waals surface area contributed by atoms with Gasteiger partial charge >= 0.3 is 0 Å². The molecular formula is C28H35ClN6O3. The largest absolute Gasteiger partial charge is 0.389 e. The molecule has 2 aliphatic heterocycles. The molecule has 4 heterocycles. The van der Waals surface area contributed by atoms with Gasteiger partial charge in [-0.05, 0) is 56.8 Å². The van der Waals surface area contributed by atoms with E-state index in [2.05, 4.69) is 52.0 Å². The number of benzene rings is 1.